The number of aliphatic hydroxyl groups excluding tert-OH is 2. The molecule has 1 aliphatic rings. The van der Waals surface area contributed by atoms with Crippen LogP contribution in [0.5, 0.6) is 0 Å². The van der Waals surface area contributed by atoms with E-state index in [1.165, 1.54) is 10.9 Å². The minimum atomic E-state index is -4.01. The molecule has 4 heterocycles. The molecule has 4 aromatic rings. The summed E-state index contributed by atoms with van der Waals surface area (Å²) in [5.41, 5.74) is 7.64. The Morgan fingerprint density at radius 3 is 2.69 bits per heavy atom. The fourth-order valence-corrected chi connectivity index (χ4v) is 4.47. The molecule has 3 aromatic heterocycles. The van der Waals surface area contributed by atoms with Crippen LogP contribution in [0.25, 0.3) is 21.8 Å². The molecule has 0 bridgehead atoms. The highest BCUT2D eigenvalue weighted by Gasteiger charge is 2.44. The quantitative estimate of drug-likeness (QED) is 0.229. The van der Waals surface area contributed by atoms with E-state index in [9.17, 15) is 18.6 Å². The van der Waals surface area contributed by atoms with Crippen LogP contribution in [0.2, 0.25) is 0 Å². The topological polar surface area (TPSA) is 191 Å². The van der Waals surface area contributed by atoms with Crippen molar-refractivity contribution in [2.24, 2.45) is 5.14 Å². The van der Waals surface area contributed by atoms with Crippen molar-refractivity contribution in [1.29, 1.82) is 0 Å². The highest BCUT2D eigenvalue weighted by atomic mass is 32.2. The van der Waals surface area contributed by atoms with Gasteiger partial charge in [0.15, 0.2) is 6.23 Å². The predicted molar refractivity (Wildman–Crippen MR) is 127 cm³/mol. The first-order valence-electron chi connectivity index (χ1n) is 10.5. The third-order valence-corrected chi connectivity index (χ3v) is 6.30. The highest BCUT2D eigenvalue weighted by molar-refractivity contribution is 7.87. The molecule has 4 atom stereocenters. The van der Waals surface area contributed by atoms with Crippen molar-refractivity contribution >= 4 is 37.8 Å². The number of hydrogen-bond donors (Lipinski definition) is 5. The van der Waals surface area contributed by atoms with Gasteiger partial charge in [-0.05, 0) is 0 Å². The van der Waals surface area contributed by atoms with Crippen molar-refractivity contribution in [3.8, 4) is 11.8 Å². The van der Waals surface area contributed by atoms with E-state index in [2.05, 4.69) is 31.5 Å². The molecule has 35 heavy (non-hydrogen) atoms. The van der Waals surface area contributed by atoms with Crippen LogP contribution in [0.4, 0.5) is 5.82 Å². The lowest BCUT2D eigenvalue weighted by Gasteiger charge is -2.17. The summed E-state index contributed by atoms with van der Waals surface area (Å²) in [6, 6.07) is 7.72. The minimum Gasteiger partial charge on any atom is -0.387 e. The van der Waals surface area contributed by atoms with Crippen molar-refractivity contribution in [2.45, 2.75) is 24.5 Å². The van der Waals surface area contributed by atoms with Crippen LogP contribution >= 0.6 is 0 Å². The Bertz CT molecular complexity index is 1590. The molecule has 0 saturated carbocycles. The van der Waals surface area contributed by atoms with Gasteiger partial charge in [-0.15, -0.1) is 0 Å². The van der Waals surface area contributed by atoms with Gasteiger partial charge in [-0.3, -0.25) is 4.98 Å². The zero-order valence-corrected chi connectivity index (χ0v) is 18.9. The van der Waals surface area contributed by atoms with E-state index in [1.807, 2.05) is 24.3 Å². The molecular weight excluding hydrogens is 474 g/mol. The van der Waals surface area contributed by atoms with Gasteiger partial charge >= 0.3 is 0 Å². The molecule has 0 amide bonds. The van der Waals surface area contributed by atoms with E-state index < -0.39 is 34.7 Å². The number of nitrogens with one attached hydrogen (secondary N) is 1. The predicted octanol–water partition coefficient (Wildman–Crippen LogP) is -0.626. The standard InChI is InChI=1S/C22H21N7O5S/c23-20-17-14(6-5-13-8-25-7-12-3-1-2-4-15(12)13)10-29(21(17)27-11-26-20)22-19(31)18(30)16(34-22)9-28-35(24,32)33/h1-4,7-8,10-11,16,18-19,22,28,30-31H,9H2,(H2,23,26,27)(H2,24,32,33)/t16-,18-,19-,22-/m1/s1. The smallest absolute Gasteiger partial charge is 0.274 e. The number of benzene rings is 1. The van der Waals surface area contributed by atoms with Crippen LogP contribution in [0.15, 0.2) is 49.2 Å². The molecule has 0 aliphatic carbocycles. The van der Waals surface area contributed by atoms with Gasteiger partial charge in [0.05, 0.1) is 16.5 Å². The number of anilines is 1. The van der Waals surface area contributed by atoms with Crippen LogP contribution in [0, 0.1) is 11.8 Å². The molecule has 1 fully saturated rings. The Hall–Kier alpha value is -3.64. The molecule has 13 heteroatoms. The van der Waals surface area contributed by atoms with E-state index in [4.69, 9.17) is 15.6 Å². The summed E-state index contributed by atoms with van der Waals surface area (Å²) in [6.45, 7) is -0.329. The second-order valence-electron chi connectivity index (χ2n) is 8.01. The largest absolute Gasteiger partial charge is 0.387 e. The van der Waals surface area contributed by atoms with Crippen LogP contribution in [0.3, 0.4) is 0 Å². The lowest BCUT2D eigenvalue weighted by atomic mass is 10.1. The summed E-state index contributed by atoms with van der Waals surface area (Å²) in [5, 5.41) is 28.4. The first-order chi connectivity index (χ1) is 16.7. The van der Waals surface area contributed by atoms with Gasteiger partial charge in [0.2, 0.25) is 0 Å². The average molecular weight is 496 g/mol. The summed E-state index contributed by atoms with van der Waals surface area (Å²) < 4.78 is 31.8. The van der Waals surface area contributed by atoms with Crippen LogP contribution in [-0.4, -0.2) is 63.0 Å². The number of pyridine rings is 1. The molecule has 180 valence electrons. The number of aliphatic hydroxyl groups is 2. The molecule has 5 rings (SSSR count). The summed E-state index contributed by atoms with van der Waals surface area (Å²) in [4.78, 5) is 12.6. The highest BCUT2D eigenvalue weighted by Crippen LogP contribution is 2.34. The van der Waals surface area contributed by atoms with Crippen molar-refractivity contribution in [2.75, 3.05) is 12.3 Å². The maximum absolute atomic E-state index is 11.2. The lowest BCUT2D eigenvalue weighted by molar-refractivity contribution is -0.0327. The van der Waals surface area contributed by atoms with Crippen molar-refractivity contribution < 1.29 is 23.4 Å². The zero-order chi connectivity index (χ0) is 24.7. The molecule has 1 saturated heterocycles. The number of nitrogens with zero attached hydrogens (tertiary/aromatic N) is 4. The van der Waals surface area contributed by atoms with Gasteiger partial charge in [-0.25, -0.2) is 15.1 Å². The summed E-state index contributed by atoms with van der Waals surface area (Å²) in [5.74, 6) is 6.37. The monoisotopic (exact) mass is 495 g/mol. The van der Waals surface area contributed by atoms with Crippen molar-refractivity contribution in [3.63, 3.8) is 0 Å². The molecule has 7 N–H and O–H groups in total. The number of nitrogen functional groups attached to an aromatic ring is 1. The van der Waals surface area contributed by atoms with E-state index in [0.29, 0.717) is 22.2 Å². The van der Waals surface area contributed by atoms with Gasteiger partial charge in [0, 0.05) is 35.9 Å². The number of fused-ring (bicyclic) bond motifs is 2. The van der Waals surface area contributed by atoms with Crippen LogP contribution in [0.1, 0.15) is 17.4 Å². The zero-order valence-electron chi connectivity index (χ0n) is 18.1. The molecule has 1 aromatic carbocycles. The van der Waals surface area contributed by atoms with E-state index in [0.717, 1.165) is 10.8 Å². The average Bonchev–Trinajstić information content (AvgIpc) is 3.34. The molecule has 12 nitrogen and oxygen atoms in total. The molecule has 0 radical (unpaired) electrons. The van der Waals surface area contributed by atoms with E-state index in [1.54, 1.807) is 18.6 Å². The van der Waals surface area contributed by atoms with Crippen LogP contribution in [-0.2, 0) is 14.9 Å². The molecule has 0 unspecified atom stereocenters. The number of nitrogens with two attached hydrogens (primary N) is 2. The second kappa shape index (κ2) is 8.86. The Kier molecular flexibility index (Phi) is 5.85. The van der Waals surface area contributed by atoms with Gasteiger partial charge in [-0.1, -0.05) is 36.1 Å². The lowest BCUT2D eigenvalue weighted by Crippen LogP contribution is -2.42. The first-order valence-corrected chi connectivity index (χ1v) is 12.0. The summed E-state index contributed by atoms with van der Waals surface area (Å²) >= 11 is 0. The maximum atomic E-state index is 11.2. The molecule has 1 aliphatic heterocycles. The van der Waals surface area contributed by atoms with E-state index >= 15 is 0 Å². The summed E-state index contributed by atoms with van der Waals surface area (Å²) in [7, 11) is -4.01. The minimum absolute atomic E-state index is 0.176. The van der Waals surface area contributed by atoms with Crippen molar-refractivity contribution in [1.82, 2.24) is 24.2 Å². The number of hydrogen-bond acceptors (Lipinski definition) is 9. The van der Waals surface area contributed by atoms with Gasteiger partial charge in [-0.2, -0.15) is 13.1 Å². The number of rotatable bonds is 4. The summed E-state index contributed by atoms with van der Waals surface area (Å²) in [6.07, 6.45) is 1.35. The van der Waals surface area contributed by atoms with E-state index in [-0.39, 0.29) is 12.4 Å². The Morgan fingerprint density at radius 2 is 1.89 bits per heavy atom. The fraction of sp³-hybridized carbons (Fsp3) is 0.227. The number of ether oxygens (including phenoxy) is 1. The van der Waals surface area contributed by atoms with Gasteiger partial charge in [0.25, 0.3) is 10.2 Å². The SMILES string of the molecule is Nc1ncnc2c1c(C#Cc1cncc3ccccc13)cn2[C@@H]1O[C@H](CNS(N)(=O)=O)[C@@H](O)[C@H]1O. The Morgan fingerprint density at radius 1 is 1.11 bits per heavy atom. The third kappa shape index (κ3) is 4.42. The normalized spacial score (nSPS) is 22.4. The maximum Gasteiger partial charge on any atom is 0.274 e. The van der Waals surface area contributed by atoms with Gasteiger partial charge < -0.3 is 25.3 Å². The second-order valence-corrected chi connectivity index (χ2v) is 9.38. The fourth-order valence-electron chi connectivity index (χ4n) is 4.07. The van der Waals surface area contributed by atoms with Crippen LogP contribution < -0.4 is 15.6 Å². The first kappa shape index (κ1) is 23.1. The molecule has 0 spiro atoms. The Balaban J connectivity index is 1.55. The third-order valence-electron chi connectivity index (χ3n) is 5.74. The van der Waals surface area contributed by atoms with Crippen molar-refractivity contribution in [3.05, 3.63) is 60.3 Å². The molecular formula is C22H21N7O5S. The number of aromatic nitrogens is 4. The van der Waals surface area contributed by atoms with Gasteiger partial charge in [0.1, 0.15) is 36.1 Å². The Labute approximate surface area is 199 Å².